The van der Waals surface area contributed by atoms with Crippen molar-refractivity contribution in [3.63, 3.8) is 0 Å². The number of carbonyl (C=O) groups is 1. The third kappa shape index (κ3) is 3.10. The van der Waals surface area contributed by atoms with Crippen LogP contribution in [0.2, 0.25) is 0 Å². The van der Waals surface area contributed by atoms with Crippen LogP contribution in [0, 0.1) is 0 Å². The second-order valence-electron chi connectivity index (χ2n) is 7.64. The van der Waals surface area contributed by atoms with Crippen LogP contribution >= 0.6 is 0 Å². The van der Waals surface area contributed by atoms with E-state index >= 15 is 0 Å². The van der Waals surface area contributed by atoms with E-state index in [1.165, 1.54) is 5.56 Å². The number of carbonyl (C=O) groups excluding carboxylic acids is 1. The maximum absolute atomic E-state index is 11.8. The summed E-state index contributed by atoms with van der Waals surface area (Å²) in [4.78, 5) is 20.3. The molecule has 0 radical (unpaired) electrons. The van der Waals surface area contributed by atoms with Gasteiger partial charge >= 0.3 is 0 Å². The molecule has 3 aliphatic rings. The number of benzene rings is 1. The summed E-state index contributed by atoms with van der Waals surface area (Å²) in [6.45, 7) is 2.55. The van der Waals surface area contributed by atoms with Crippen molar-refractivity contribution in [2.75, 3.05) is 26.3 Å². The Labute approximate surface area is 163 Å². The largest absolute Gasteiger partial charge is 0.484 e. The molecule has 2 saturated heterocycles. The number of fused-ring (bicyclic) bond motifs is 3. The number of aromatic nitrogens is 1. The Morgan fingerprint density at radius 3 is 2.79 bits per heavy atom. The molecule has 4 heterocycles. The number of rotatable bonds is 4. The number of aliphatic hydroxyl groups excluding tert-OH is 1. The fourth-order valence-electron chi connectivity index (χ4n) is 4.48. The molecule has 3 atom stereocenters. The maximum Gasteiger partial charge on any atom is 0.257 e. The van der Waals surface area contributed by atoms with Crippen LogP contribution in [0.4, 0.5) is 0 Å². The third-order valence-corrected chi connectivity index (χ3v) is 5.93. The molecule has 0 saturated carbocycles. The quantitative estimate of drug-likeness (QED) is 0.862. The van der Waals surface area contributed by atoms with E-state index in [1.54, 1.807) is 6.20 Å². The van der Waals surface area contributed by atoms with Crippen LogP contribution in [-0.4, -0.2) is 64.2 Å². The van der Waals surface area contributed by atoms with Gasteiger partial charge in [0.15, 0.2) is 11.9 Å². The van der Waals surface area contributed by atoms with Crippen LogP contribution < -0.4 is 9.47 Å². The van der Waals surface area contributed by atoms with Gasteiger partial charge in [-0.05, 0) is 29.7 Å². The summed E-state index contributed by atoms with van der Waals surface area (Å²) in [6.07, 6.45) is 2.55. The molecule has 1 aromatic heterocycles. The number of likely N-dealkylation sites (tertiary alicyclic amines) is 2. The van der Waals surface area contributed by atoms with Gasteiger partial charge in [-0.1, -0.05) is 24.3 Å². The van der Waals surface area contributed by atoms with Crippen molar-refractivity contribution in [2.45, 2.75) is 31.2 Å². The lowest BCUT2D eigenvalue weighted by Gasteiger charge is -2.34. The minimum atomic E-state index is -0.391. The first-order chi connectivity index (χ1) is 13.7. The number of ether oxygens (including phenoxy) is 2. The molecule has 2 aromatic rings. The highest BCUT2D eigenvalue weighted by Crippen LogP contribution is 2.35. The molecular weight excluding hydrogens is 358 g/mol. The van der Waals surface area contributed by atoms with E-state index < -0.39 is 6.61 Å². The maximum atomic E-state index is 11.8. The highest BCUT2D eigenvalue weighted by Gasteiger charge is 2.44. The Bertz CT molecular complexity index is 872. The highest BCUT2D eigenvalue weighted by molar-refractivity contribution is 5.78. The molecule has 146 valence electrons. The molecule has 1 unspecified atom stereocenters. The van der Waals surface area contributed by atoms with Gasteiger partial charge in [0, 0.05) is 37.9 Å². The van der Waals surface area contributed by atoms with Gasteiger partial charge in [0.25, 0.3) is 5.88 Å². The van der Waals surface area contributed by atoms with E-state index in [0.717, 1.165) is 31.6 Å². The fraction of sp³-hybridized carbons (Fsp3) is 0.429. The van der Waals surface area contributed by atoms with E-state index in [0.29, 0.717) is 24.3 Å². The number of piperazine rings is 1. The van der Waals surface area contributed by atoms with E-state index in [2.05, 4.69) is 34.1 Å². The molecule has 2 bridgehead atoms. The first-order valence-corrected chi connectivity index (χ1v) is 9.69. The second kappa shape index (κ2) is 7.07. The van der Waals surface area contributed by atoms with Gasteiger partial charge in [0.05, 0.1) is 0 Å². The lowest BCUT2D eigenvalue weighted by atomic mass is 10.1. The zero-order valence-corrected chi connectivity index (χ0v) is 15.5. The number of hydrogen-bond acceptors (Lipinski definition) is 6. The normalized spacial score (nSPS) is 25.9. The van der Waals surface area contributed by atoms with Crippen molar-refractivity contribution in [3.8, 4) is 11.6 Å². The van der Waals surface area contributed by atoms with Crippen LogP contribution in [-0.2, 0) is 11.3 Å². The fourth-order valence-corrected chi connectivity index (χ4v) is 4.48. The van der Waals surface area contributed by atoms with Gasteiger partial charge < -0.3 is 19.5 Å². The van der Waals surface area contributed by atoms with Crippen molar-refractivity contribution >= 4 is 5.91 Å². The van der Waals surface area contributed by atoms with Crippen LogP contribution in [0.3, 0.4) is 0 Å². The number of amides is 1. The lowest BCUT2D eigenvalue weighted by Crippen LogP contribution is -2.49. The van der Waals surface area contributed by atoms with Gasteiger partial charge in [-0.15, -0.1) is 0 Å². The molecule has 2 fully saturated rings. The molecule has 0 aliphatic carbocycles. The van der Waals surface area contributed by atoms with Gasteiger partial charge in [-0.25, -0.2) is 4.98 Å². The van der Waals surface area contributed by atoms with Crippen LogP contribution in [0.15, 0.2) is 42.6 Å². The molecule has 1 amide bonds. The Balaban J connectivity index is 1.21. The van der Waals surface area contributed by atoms with E-state index in [4.69, 9.17) is 14.6 Å². The Hall–Kier alpha value is -2.64. The number of aliphatic hydroxyl groups is 1. The molecule has 1 N–H and O–H groups in total. The summed E-state index contributed by atoms with van der Waals surface area (Å²) in [5.41, 5.74) is 2.31. The zero-order valence-electron chi connectivity index (χ0n) is 15.5. The zero-order chi connectivity index (χ0) is 19.1. The summed E-state index contributed by atoms with van der Waals surface area (Å²) in [5.74, 6) is 1.08. The van der Waals surface area contributed by atoms with Crippen molar-refractivity contribution in [1.82, 2.24) is 14.8 Å². The van der Waals surface area contributed by atoms with Crippen LogP contribution in [0.5, 0.6) is 11.6 Å². The lowest BCUT2D eigenvalue weighted by molar-refractivity contribution is -0.136. The Kier molecular flexibility index (Phi) is 4.41. The van der Waals surface area contributed by atoms with E-state index in [-0.39, 0.29) is 18.1 Å². The topological polar surface area (TPSA) is 75.1 Å². The van der Waals surface area contributed by atoms with E-state index in [9.17, 15) is 4.79 Å². The molecule has 7 heteroatoms. The first-order valence-electron chi connectivity index (χ1n) is 9.69. The number of pyridine rings is 1. The highest BCUT2D eigenvalue weighted by atomic mass is 16.6. The molecular formula is C21H23N3O4. The third-order valence-electron chi connectivity index (χ3n) is 5.93. The molecule has 1 aromatic carbocycles. The first kappa shape index (κ1) is 17.5. The predicted octanol–water partition coefficient (Wildman–Crippen LogP) is 1.37. The molecule has 5 rings (SSSR count). The number of hydrogen-bond donors (Lipinski definition) is 1. The van der Waals surface area contributed by atoms with Crippen LogP contribution in [0.1, 0.15) is 23.7 Å². The average molecular weight is 381 g/mol. The van der Waals surface area contributed by atoms with Gasteiger partial charge in [-0.3, -0.25) is 9.69 Å². The van der Waals surface area contributed by atoms with Gasteiger partial charge in [0.1, 0.15) is 13.2 Å². The minimum absolute atomic E-state index is 0.151. The van der Waals surface area contributed by atoms with Crippen molar-refractivity contribution in [3.05, 3.63) is 53.7 Å². The monoisotopic (exact) mass is 381 g/mol. The predicted molar refractivity (Wildman–Crippen MR) is 101 cm³/mol. The van der Waals surface area contributed by atoms with E-state index in [1.807, 2.05) is 17.0 Å². The van der Waals surface area contributed by atoms with Crippen molar-refractivity contribution in [1.29, 1.82) is 0 Å². The van der Waals surface area contributed by atoms with Crippen molar-refractivity contribution < 1.29 is 19.4 Å². The summed E-state index contributed by atoms with van der Waals surface area (Å²) in [5, 5.41) is 9.08. The Morgan fingerprint density at radius 1 is 1.18 bits per heavy atom. The SMILES string of the molecule is O=C(CO)N1CC2C[C@H]1CN2Cc1ccc([C@H]2COc3cccnc3O2)cc1. The minimum Gasteiger partial charge on any atom is -0.484 e. The molecule has 7 nitrogen and oxygen atoms in total. The van der Waals surface area contributed by atoms with Gasteiger partial charge in [-0.2, -0.15) is 0 Å². The standard InChI is InChI=1S/C21H23N3O4/c25-12-20(26)24-11-16-8-17(24)10-23(16)9-14-3-5-15(6-4-14)19-13-27-18-2-1-7-22-21(18)28-19/h1-7,16-17,19,25H,8-13H2/t16?,17-,19+/m0/s1. The Morgan fingerprint density at radius 2 is 2.04 bits per heavy atom. The summed E-state index contributed by atoms with van der Waals surface area (Å²) in [7, 11) is 0. The second-order valence-corrected chi connectivity index (χ2v) is 7.64. The van der Waals surface area contributed by atoms with Crippen LogP contribution in [0.25, 0.3) is 0 Å². The van der Waals surface area contributed by atoms with Crippen molar-refractivity contribution in [2.24, 2.45) is 0 Å². The summed E-state index contributed by atoms with van der Waals surface area (Å²) < 4.78 is 11.7. The van der Waals surface area contributed by atoms with Gasteiger partial charge in [0.2, 0.25) is 5.91 Å². The summed E-state index contributed by atoms with van der Waals surface area (Å²) >= 11 is 0. The number of nitrogens with zero attached hydrogens (tertiary/aromatic N) is 3. The molecule has 0 spiro atoms. The smallest absolute Gasteiger partial charge is 0.257 e. The molecule has 3 aliphatic heterocycles. The average Bonchev–Trinajstić information content (AvgIpc) is 3.34. The molecule has 28 heavy (non-hydrogen) atoms. The summed E-state index contributed by atoms with van der Waals surface area (Å²) in [6, 6.07) is 12.8.